The van der Waals surface area contributed by atoms with Gasteiger partial charge in [-0.15, -0.1) is 0 Å². The molecule has 0 saturated carbocycles. The highest BCUT2D eigenvalue weighted by Gasteiger charge is 2.11. The van der Waals surface area contributed by atoms with Crippen molar-refractivity contribution in [3.05, 3.63) is 53.5 Å². The topological polar surface area (TPSA) is 54.3 Å². The van der Waals surface area contributed by atoms with E-state index in [0.29, 0.717) is 25.4 Å². The van der Waals surface area contributed by atoms with E-state index in [1.165, 1.54) is 5.56 Å². The zero-order chi connectivity index (χ0) is 15.9. The van der Waals surface area contributed by atoms with E-state index >= 15 is 0 Å². The largest absolute Gasteiger partial charge is 0.468 e. The molecule has 1 amide bonds. The molecular formula is C18H24N2O2. The number of furan rings is 1. The van der Waals surface area contributed by atoms with Crippen LogP contribution in [0.4, 0.5) is 5.69 Å². The number of carbonyl (C=O) groups excluding carboxylic acids is 1. The number of rotatable bonds is 7. The summed E-state index contributed by atoms with van der Waals surface area (Å²) in [4.78, 5) is 12.1. The quantitative estimate of drug-likeness (QED) is 0.764. The Balaban J connectivity index is 1.84. The number of anilines is 1. The predicted molar refractivity (Wildman–Crippen MR) is 88.9 cm³/mol. The summed E-state index contributed by atoms with van der Waals surface area (Å²) in [6, 6.07) is 9.90. The van der Waals surface area contributed by atoms with Gasteiger partial charge in [0.1, 0.15) is 5.76 Å². The van der Waals surface area contributed by atoms with Gasteiger partial charge in [0.05, 0.1) is 12.8 Å². The highest BCUT2D eigenvalue weighted by Crippen LogP contribution is 2.27. The second-order valence-corrected chi connectivity index (χ2v) is 5.75. The maximum atomic E-state index is 12.1. The first-order valence-corrected chi connectivity index (χ1v) is 7.70. The number of benzene rings is 1. The molecule has 22 heavy (non-hydrogen) atoms. The van der Waals surface area contributed by atoms with Crippen LogP contribution in [0.1, 0.15) is 43.1 Å². The number of nitrogens with one attached hydrogen (secondary N) is 2. The van der Waals surface area contributed by atoms with Crippen LogP contribution in [-0.2, 0) is 11.3 Å². The van der Waals surface area contributed by atoms with E-state index in [1.54, 1.807) is 6.26 Å². The van der Waals surface area contributed by atoms with E-state index in [4.69, 9.17) is 4.42 Å². The van der Waals surface area contributed by atoms with Gasteiger partial charge in [-0.2, -0.15) is 0 Å². The molecule has 0 atom stereocenters. The van der Waals surface area contributed by atoms with Crippen molar-refractivity contribution >= 4 is 11.6 Å². The number of amides is 1. The number of hydrogen-bond donors (Lipinski definition) is 2. The molecule has 4 nitrogen and oxygen atoms in total. The highest BCUT2D eigenvalue weighted by molar-refractivity contribution is 5.92. The molecule has 0 bridgehead atoms. The first-order valence-electron chi connectivity index (χ1n) is 7.70. The van der Waals surface area contributed by atoms with Crippen molar-refractivity contribution in [1.29, 1.82) is 0 Å². The molecule has 0 aliphatic heterocycles. The molecule has 2 N–H and O–H groups in total. The zero-order valence-corrected chi connectivity index (χ0v) is 13.5. The van der Waals surface area contributed by atoms with E-state index < -0.39 is 0 Å². The van der Waals surface area contributed by atoms with E-state index in [1.807, 2.05) is 31.2 Å². The summed E-state index contributed by atoms with van der Waals surface area (Å²) >= 11 is 0. The average molecular weight is 300 g/mol. The first-order chi connectivity index (χ1) is 10.6. The minimum absolute atomic E-state index is 0.0307. The lowest BCUT2D eigenvalue weighted by Crippen LogP contribution is -2.22. The van der Waals surface area contributed by atoms with Crippen LogP contribution < -0.4 is 10.6 Å². The fourth-order valence-electron chi connectivity index (χ4n) is 2.37. The van der Waals surface area contributed by atoms with Gasteiger partial charge in [-0.3, -0.25) is 4.79 Å². The Morgan fingerprint density at radius 3 is 2.73 bits per heavy atom. The standard InChI is InChI=1S/C18H24N2O2/c1-13(2)16-8-4-6-14(3)18(16)20-17(21)9-10-19-12-15-7-5-11-22-15/h4-8,11,13,19H,9-10,12H2,1-3H3,(H,20,21). The van der Waals surface area contributed by atoms with Crippen LogP contribution in [0.15, 0.2) is 41.0 Å². The van der Waals surface area contributed by atoms with Crippen molar-refractivity contribution in [1.82, 2.24) is 5.32 Å². The molecular weight excluding hydrogens is 276 g/mol. The molecule has 0 aliphatic rings. The molecule has 0 radical (unpaired) electrons. The van der Waals surface area contributed by atoms with Gasteiger partial charge >= 0.3 is 0 Å². The van der Waals surface area contributed by atoms with Crippen LogP contribution in [0.5, 0.6) is 0 Å². The van der Waals surface area contributed by atoms with Gasteiger partial charge < -0.3 is 15.1 Å². The van der Waals surface area contributed by atoms with Crippen LogP contribution in [0.25, 0.3) is 0 Å². The minimum Gasteiger partial charge on any atom is -0.468 e. The smallest absolute Gasteiger partial charge is 0.225 e. The van der Waals surface area contributed by atoms with Crippen LogP contribution >= 0.6 is 0 Å². The fourth-order valence-corrected chi connectivity index (χ4v) is 2.37. The van der Waals surface area contributed by atoms with Gasteiger partial charge in [0.25, 0.3) is 0 Å². The lowest BCUT2D eigenvalue weighted by molar-refractivity contribution is -0.116. The summed E-state index contributed by atoms with van der Waals surface area (Å²) < 4.78 is 5.23. The number of aryl methyl sites for hydroxylation is 1. The summed E-state index contributed by atoms with van der Waals surface area (Å²) in [5.41, 5.74) is 3.23. The number of carbonyl (C=O) groups is 1. The molecule has 1 aromatic carbocycles. The Morgan fingerprint density at radius 2 is 2.05 bits per heavy atom. The van der Waals surface area contributed by atoms with Gasteiger partial charge in [0.2, 0.25) is 5.91 Å². The monoisotopic (exact) mass is 300 g/mol. The molecule has 2 rings (SSSR count). The van der Waals surface area contributed by atoms with Gasteiger partial charge in [-0.1, -0.05) is 32.0 Å². The normalized spacial score (nSPS) is 10.9. The Hall–Kier alpha value is -2.07. The maximum Gasteiger partial charge on any atom is 0.225 e. The molecule has 0 aliphatic carbocycles. The zero-order valence-electron chi connectivity index (χ0n) is 13.5. The van der Waals surface area contributed by atoms with Crippen LogP contribution in [0.2, 0.25) is 0 Å². The third-order valence-corrected chi connectivity index (χ3v) is 3.60. The summed E-state index contributed by atoms with van der Waals surface area (Å²) in [6.07, 6.45) is 2.09. The van der Waals surface area contributed by atoms with Crippen molar-refractivity contribution in [2.45, 2.75) is 39.7 Å². The lowest BCUT2D eigenvalue weighted by atomic mass is 9.98. The van der Waals surface area contributed by atoms with Crippen molar-refractivity contribution in [2.75, 3.05) is 11.9 Å². The molecule has 1 aromatic heterocycles. The summed E-state index contributed by atoms with van der Waals surface area (Å²) in [5, 5.41) is 6.25. The Labute approximate surface area is 131 Å². The SMILES string of the molecule is Cc1cccc(C(C)C)c1NC(=O)CCNCc1ccco1. The van der Waals surface area contributed by atoms with E-state index in [2.05, 4.69) is 30.5 Å². The minimum atomic E-state index is 0.0307. The maximum absolute atomic E-state index is 12.1. The Bertz CT molecular complexity index is 604. The van der Waals surface area contributed by atoms with Crippen molar-refractivity contribution in [3.8, 4) is 0 Å². The van der Waals surface area contributed by atoms with E-state index in [-0.39, 0.29) is 5.91 Å². The van der Waals surface area contributed by atoms with Crippen LogP contribution in [0, 0.1) is 6.92 Å². The fraction of sp³-hybridized carbons (Fsp3) is 0.389. The molecule has 0 fully saturated rings. The third-order valence-electron chi connectivity index (χ3n) is 3.60. The Morgan fingerprint density at radius 1 is 1.23 bits per heavy atom. The second-order valence-electron chi connectivity index (χ2n) is 5.75. The predicted octanol–water partition coefficient (Wildman–Crippen LogP) is 3.83. The molecule has 4 heteroatoms. The van der Waals surface area contributed by atoms with Crippen molar-refractivity contribution < 1.29 is 9.21 Å². The van der Waals surface area contributed by atoms with Crippen LogP contribution in [-0.4, -0.2) is 12.5 Å². The van der Waals surface area contributed by atoms with Gasteiger partial charge in [-0.25, -0.2) is 0 Å². The first kappa shape index (κ1) is 16.3. The van der Waals surface area contributed by atoms with Crippen molar-refractivity contribution in [2.24, 2.45) is 0 Å². The molecule has 1 heterocycles. The van der Waals surface area contributed by atoms with E-state index in [9.17, 15) is 4.79 Å². The van der Waals surface area contributed by atoms with Crippen molar-refractivity contribution in [3.63, 3.8) is 0 Å². The molecule has 0 unspecified atom stereocenters. The molecule has 2 aromatic rings. The third kappa shape index (κ3) is 4.46. The lowest BCUT2D eigenvalue weighted by Gasteiger charge is -2.16. The van der Waals surface area contributed by atoms with Gasteiger partial charge in [-0.05, 0) is 36.1 Å². The number of hydrogen-bond acceptors (Lipinski definition) is 3. The highest BCUT2D eigenvalue weighted by atomic mass is 16.3. The summed E-state index contributed by atoms with van der Waals surface area (Å²) in [6.45, 7) is 7.55. The van der Waals surface area contributed by atoms with Crippen LogP contribution in [0.3, 0.4) is 0 Å². The second kappa shape index (κ2) is 7.80. The van der Waals surface area contributed by atoms with Gasteiger partial charge in [0.15, 0.2) is 0 Å². The van der Waals surface area contributed by atoms with Gasteiger partial charge in [0, 0.05) is 18.7 Å². The molecule has 0 saturated heterocycles. The average Bonchev–Trinajstić information content (AvgIpc) is 2.99. The van der Waals surface area contributed by atoms with E-state index in [0.717, 1.165) is 17.0 Å². The Kier molecular flexibility index (Phi) is 5.78. The number of para-hydroxylation sites is 1. The molecule has 118 valence electrons. The summed E-state index contributed by atoms with van der Waals surface area (Å²) in [5.74, 6) is 1.29. The summed E-state index contributed by atoms with van der Waals surface area (Å²) in [7, 11) is 0. The molecule has 0 spiro atoms.